The number of likely N-dealkylation sites (N-methyl/N-ethyl adjacent to an activating group) is 1. The normalized spacial score (nSPS) is 12.7. The molecule has 0 aromatic carbocycles. The molecule has 0 aliphatic carbocycles. The van der Waals surface area contributed by atoms with Crippen LogP contribution in [0.5, 0.6) is 0 Å². The molecule has 0 radical (unpaired) electrons. The van der Waals surface area contributed by atoms with Gasteiger partial charge in [-0.15, -0.1) is 0 Å². The second-order valence-corrected chi connectivity index (χ2v) is 5.92. The molecule has 0 fully saturated rings. The van der Waals surface area contributed by atoms with E-state index in [1.165, 1.54) is 11.9 Å². The van der Waals surface area contributed by atoms with Crippen LogP contribution in [0.3, 0.4) is 0 Å². The first kappa shape index (κ1) is 15.6. The van der Waals surface area contributed by atoms with Crippen molar-refractivity contribution in [2.45, 2.75) is 32.4 Å². The molecule has 0 bridgehead atoms. The lowest BCUT2D eigenvalue weighted by Crippen LogP contribution is -2.37. The van der Waals surface area contributed by atoms with Crippen molar-refractivity contribution in [1.82, 2.24) is 9.88 Å². The van der Waals surface area contributed by atoms with Crippen LogP contribution < -0.4 is 0 Å². The Labute approximate surface area is 121 Å². The number of rotatable bonds is 3. The quantitative estimate of drug-likeness (QED) is 0.800. The third kappa shape index (κ3) is 4.31. The highest BCUT2D eigenvalue weighted by Gasteiger charge is 2.27. The summed E-state index contributed by atoms with van der Waals surface area (Å²) in [6, 6.07) is 0.969. The van der Waals surface area contributed by atoms with Gasteiger partial charge in [0.1, 0.15) is 17.9 Å². The van der Waals surface area contributed by atoms with Gasteiger partial charge >= 0.3 is 6.09 Å². The fraction of sp³-hybridized carbons (Fsp3) is 0.462. The largest absolute Gasteiger partial charge is 0.444 e. The maximum atomic E-state index is 12.0. The minimum Gasteiger partial charge on any atom is -0.444 e. The number of aromatic nitrogens is 1. The molecule has 0 N–H and O–H groups in total. The van der Waals surface area contributed by atoms with Crippen LogP contribution in [0.4, 0.5) is 4.79 Å². The number of carbonyl (C=O) groups is 2. The lowest BCUT2D eigenvalue weighted by Gasteiger charge is -2.28. The predicted octanol–water partition coefficient (Wildman–Crippen LogP) is 2.95. The zero-order valence-corrected chi connectivity index (χ0v) is 13.0. The predicted molar refractivity (Wildman–Crippen MR) is 74.7 cm³/mol. The molecule has 0 saturated heterocycles. The van der Waals surface area contributed by atoms with Crippen molar-refractivity contribution in [2.24, 2.45) is 0 Å². The molecule has 1 unspecified atom stereocenters. The molecule has 104 valence electrons. The van der Waals surface area contributed by atoms with Gasteiger partial charge in [0.25, 0.3) is 0 Å². The SMILES string of the molecule is CN(C(=O)OC(C)(C)C)C(C=O)c1ccncc1Br. The van der Waals surface area contributed by atoms with Gasteiger partial charge in [0.2, 0.25) is 0 Å². The molecule has 0 spiro atoms. The zero-order valence-electron chi connectivity index (χ0n) is 11.4. The van der Waals surface area contributed by atoms with E-state index in [1.807, 2.05) is 0 Å². The smallest absolute Gasteiger partial charge is 0.410 e. The third-order valence-corrected chi connectivity index (χ3v) is 3.01. The molecular weight excluding hydrogens is 312 g/mol. The van der Waals surface area contributed by atoms with Crippen LogP contribution in [0.1, 0.15) is 32.4 Å². The molecule has 1 aromatic rings. The Balaban J connectivity index is 2.95. The summed E-state index contributed by atoms with van der Waals surface area (Å²) in [6.07, 6.45) is 3.30. The number of aldehydes is 1. The van der Waals surface area contributed by atoms with Crippen molar-refractivity contribution in [3.63, 3.8) is 0 Å². The second kappa shape index (κ2) is 6.14. The summed E-state index contributed by atoms with van der Waals surface area (Å²) in [4.78, 5) is 28.4. The van der Waals surface area contributed by atoms with Crippen molar-refractivity contribution in [3.05, 3.63) is 28.5 Å². The van der Waals surface area contributed by atoms with Gasteiger partial charge in [-0.2, -0.15) is 0 Å². The monoisotopic (exact) mass is 328 g/mol. The number of carbonyl (C=O) groups excluding carboxylic acids is 2. The van der Waals surface area contributed by atoms with E-state index in [9.17, 15) is 9.59 Å². The molecule has 1 heterocycles. The molecular formula is C13H17BrN2O3. The molecule has 1 aromatic heterocycles. The lowest BCUT2D eigenvalue weighted by atomic mass is 10.1. The van der Waals surface area contributed by atoms with Gasteiger partial charge in [0, 0.05) is 23.9 Å². The number of hydrogen-bond acceptors (Lipinski definition) is 4. The average molecular weight is 329 g/mol. The van der Waals surface area contributed by atoms with Gasteiger partial charge in [0.05, 0.1) is 0 Å². The molecule has 1 atom stereocenters. The average Bonchev–Trinajstić information content (AvgIpc) is 2.30. The molecule has 1 rings (SSSR count). The molecule has 6 heteroatoms. The first-order valence-electron chi connectivity index (χ1n) is 5.77. The second-order valence-electron chi connectivity index (χ2n) is 5.07. The molecule has 5 nitrogen and oxygen atoms in total. The highest BCUT2D eigenvalue weighted by molar-refractivity contribution is 9.10. The van der Waals surface area contributed by atoms with Gasteiger partial charge < -0.3 is 9.53 Å². The number of pyridine rings is 1. The van der Waals surface area contributed by atoms with Gasteiger partial charge in [-0.1, -0.05) is 0 Å². The summed E-state index contributed by atoms with van der Waals surface area (Å²) in [5.41, 5.74) is 0.0622. The Morgan fingerprint density at radius 1 is 1.53 bits per heavy atom. The Kier molecular flexibility index (Phi) is 5.05. The lowest BCUT2D eigenvalue weighted by molar-refractivity contribution is -0.112. The van der Waals surface area contributed by atoms with Crippen LogP contribution in [0.25, 0.3) is 0 Å². The summed E-state index contributed by atoms with van der Waals surface area (Å²) in [5, 5.41) is 0. The van der Waals surface area contributed by atoms with Crippen molar-refractivity contribution < 1.29 is 14.3 Å². The van der Waals surface area contributed by atoms with Crippen molar-refractivity contribution in [1.29, 1.82) is 0 Å². The standard InChI is InChI=1S/C13H17BrN2O3/c1-13(2,3)19-12(18)16(4)11(8-17)9-5-6-15-7-10(9)14/h5-8,11H,1-4H3. The first-order valence-corrected chi connectivity index (χ1v) is 6.56. The highest BCUT2D eigenvalue weighted by atomic mass is 79.9. The third-order valence-electron chi connectivity index (χ3n) is 2.35. The topological polar surface area (TPSA) is 59.5 Å². The molecule has 19 heavy (non-hydrogen) atoms. The van der Waals surface area contributed by atoms with Gasteiger partial charge in [-0.25, -0.2) is 4.79 Å². The van der Waals surface area contributed by atoms with Crippen molar-refractivity contribution >= 4 is 28.3 Å². The first-order chi connectivity index (χ1) is 8.76. The highest BCUT2D eigenvalue weighted by Crippen LogP contribution is 2.26. The summed E-state index contributed by atoms with van der Waals surface area (Å²) < 4.78 is 5.91. The van der Waals surface area contributed by atoms with Crippen LogP contribution in [0.2, 0.25) is 0 Å². The van der Waals surface area contributed by atoms with Gasteiger partial charge in [-0.05, 0) is 48.3 Å². The van der Waals surface area contributed by atoms with E-state index in [0.717, 1.165) is 0 Å². The Bertz CT molecular complexity index is 471. The van der Waals surface area contributed by atoms with E-state index >= 15 is 0 Å². The van der Waals surface area contributed by atoms with E-state index in [0.29, 0.717) is 16.3 Å². The van der Waals surface area contributed by atoms with E-state index in [-0.39, 0.29) is 0 Å². The van der Waals surface area contributed by atoms with Crippen LogP contribution in [-0.2, 0) is 9.53 Å². The summed E-state index contributed by atoms with van der Waals surface area (Å²) in [5.74, 6) is 0. The fourth-order valence-corrected chi connectivity index (χ4v) is 1.93. The maximum Gasteiger partial charge on any atom is 0.410 e. The van der Waals surface area contributed by atoms with E-state index in [1.54, 1.807) is 39.2 Å². The van der Waals surface area contributed by atoms with Crippen molar-refractivity contribution in [2.75, 3.05) is 7.05 Å². The van der Waals surface area contributed by atoms with Crippen molar-refractivity contribution in [3.8, 4) is 0 Å². The van der Waals surface area contributed by atoms with Crippen LogP contribution >= 0.6 is 15.9 Å². The van der Waals surface area contributed by atoms with Gasteiger partial charge in [-0.3, -0.25) is 9.88 Å². The van der Waals surface area contributed by atoms with Crippen LogP contribution in [0, 0.1) is 0 Å². The fourth-order valence-electron chi connectivity index (χ4n) is 1.45. The summed E-state index contributed by atoms with van der Waals surface area (Å²) in [6.45, 7) is 5.32. The van der Waals surface area contributed by atoms with E-state index in [4.69, 9.17) is 4.74 Å². The van der Waals surface area contributed by atoms with E-state index < -0.39 is 17.7 Å². The molecule has 0 saturated carbocycles. The minimum atomic E-state index is -0.716. The molecule has 1 amide bonds. The maximum absolute atomic E-state index is 12.0. The number of nitrogens with zero attached hydrogens (tertiary/aromatic N) is 2. The number of amides is 1. The van der Waals surface area contributed by atoms with Crippen LogP contribution in [0.15, 0.2) is 22.9 Å². The Hall–Kier alpha value is -1.43. The Morgan fingerprint density at radius 2 is 2.16 bits per heavy atom. The molecule has 0 aliphatic heterocycles. The number of hydrogen-bond donors (Lipinski definition) is 0. The van der Waals surface area contributed by atoms with E-state index in [2.05, 4.69) is 20.9 Å². The minimum absolute atomic E-state index is 0.548. The number of halogens is 1. The zero-order chi connectivity index (χ0) is 14.6. The molecule has 0 aliphatic rings. The van der Waals surface area contributed by atoms with Gasteiger partial charge in [0.15, 0.2) is 0 Å². The number of ether oxygens (including phenoxy) is 1. The summed E-state index contributed by atoms with van der Waals surface area (Å²) in [7, 11) is 1.53. The summed E-state index contributed by atoms with van der Waals surface area (Å²) >= 11 is 3.32. The van der Waals surface area contributed by atoms with Crippen LogP contribution in [-0.4, -0.2) is 34.9 Å². The Morgan fingerprint density at radius 3 is 2.63 bits per heavy atom.